The van der Waals surface area contributed by atoms with Crippen LogP contribution in [0.3, 0.4) is 0 Å². The third-order valence-corrected chi connectivity index (χ3v) is 5.83. The molecule has 1 aliphatic rings. The Balaban J connectivity index is 1.52. The average molecular weight is 431 g/mol. The van der Waals surface area contributed by atoms with Crippen LogP contribution in [0.15, 0.2) is 73.1 Å². The van der Waals surface area contributed by atoms with Crippen molar-refractivity contribution in [3.05, 3.63) is 95.3 Å². The summed E-state index contributed by atoms with van der Waals surface area (Å²) in [6, 6.07) is 19.1. The summed E-state index contributed by atoms with van der Waals surface area (Å²) in [6.07, 6.45) is 6.52. The second-order valence-electron chi connectivity index (χ2n) is 8.00. The summed E-state index contributed by atoms with van der Waals surface area (Å²) in [5.74, 6) is -0.362. The van der Waals surface area contributed by atoms with Crippen LogP contribution >= 0.6 is 0 Å². The number of ether oxygens (including phenoxy) is 1. The SMILES string of the molecule is O=C(O)COc1cccc2c1CCCC2CC(=O)NC(c1ccccc1)c1cccnc1. The molecule has 1 aromatic heterocycles. The van der Waals surface area contributed by atoms with E-state index in [1.807, 2.05) is 54.6 Å². The van der Waals surface area contributed by atoms with Crippen molar-refractivity contribution in [2.24, 2.45) is 0 Å². The van der Waals surface area contributed by atoms with Crippen molar-refractivity contribution in [2.75, 3.05) is 6.61 Å². The molecule has 0 fully saturated rings. The van der Waals surface area contributed by atoms with E-state index in [1.165, 1.54) is 0 Å². The van der Waals surface area contributed by atoms with Gasteiger partial charge in [-0.15, -0.1) is 0 Å². The number of carboxylic acid groups (broad SMARTS) is 1. The van der Waals surface area contributed by atoms with Crippen LogP contribution in [0.4, 0.5) is 0 Å². The maximum atomic E-state index is 13.1. The summed E-state index contributed by atoms with van der Waals surface area (Å²) < 4.78 is 5.49. The van der Waals surface area contributed by atoms with E-state index in [4.69, 9.17) is 9.84 Å². The van der Waals surface area contributed by atoms with E-state index < -0.39 is 5.97 Å². The van der Waals surface area contributed by atoms with E-state index in [0.717, 1.165) is 41.5 Å². The molecule has 4 rings (SSSR count). The second-order valence-corrected chi connectivity index (χ2v) is 8.00. The van der Waals surface area contributed by atoms with Gasteiger partial charge >= 0.3 is 5.97 Å². The maximum Gasteiger partial charge on any atom is 0.341 e. The molecule has 2 N–H and O–H groups in total. The van der Waals surface area contributed by atoms with Gasteiger partial charge in [-0.1, -0.05) is 48.5 Å². The fraction of sp³-hybridized carbons (Fsp3) is 0.269. The van der Waals surface area contributed by atoms with Crippen LogP contribution in [0.5, 0.6) is 5.75 Å². The molecule has 2 unspecified atom stereocenters. The molecule has 0 saturated heterocycles. The fourth-order valence-electron chi connectivity index (χ4n) is 4.40. The van der Waals surface area contributed by atoms with Gasteiger partial charge in [-0.05, 0) is 59.6 Å². The van der Waals surface area contributed by atoms with Gasteiger partial charge in [0.15, 0.2) is 6.61 Å². The van der Waals surface area contributed by atoms with Crippen LogP contribution in [-0.2, 0) is 16.0 Å². The molecule has 0 saturated carbocycles. The minimum atomic E-state index is -1.00. The summed E-state index contributed by atoms with van der Waals surface area (Å²) in [5.41, 5.74) is 4.03. The minimum absolute atomic E-state index is 0.0302. The quantitative estimate of drug-likeness (QED) is 0.557. The van der Waals surface area contributed by atoms with Crippen molar-refractivity contribution in [1.82, 2.24) is 10.3 Å². The highest BCUT2D eigenvalue weighted by Gasteiger charge is 2.26. The zero-order valence-corrected chi connectivity index (χ0v) is 17.7. The molecular weight excluding hydrogens is 404 g/mol. The van der Waals surface area contributed by atoms with Gasteiger partial charge in [0.05, 0.1) is 6.04 Å². The zero-order valence-electron chi connectivity index (χ0n) is 17.7. The van der Waals surface area contributed by atoms with Gasteiger partial charge in [-0.25, -0.2) is 4.79 Å². The van der Waals surface area contributed by atoms with Gasteiger partial charge in [0, 0.05) is 18.8 Å². The van der Waals surface area contributed by atoms with Crippen LogP contribution in [0.2, 0.25) is 0 Å². The molecule has 0 spiro atoms. The number of rotatable bonds is 8. The molecule has 6 heteroatoms. The van der Waals surface area contributed by atoms with Crippen molar-refractivity contribution in [3.63, 3.8) is 0 Å². The first-order valence-corrected chi connectivity index (χ1v) is 10.8. The Bertz CT molecular complexity index is 1030. The smallest absolute Gasteiger partial charge is 0.341 e. The molecule has 0 bridgehead atoms. The summed E-state index contributed by atoms with van der Waals surface area (Å²) in [5, 5.41) is 12.1. The molecule has 32 heavy (non-hydrogen) atoms. The first-order valence-electron chi connectivity index (χ1n) is 10.8. The molecule has 1 heterocycles. The number of carbonyl (C=O) groups is 2. The predicted molar refractivity (Wildman–Crippen MR) is 121 cm³/mol. The van der Waals surface area contributed by atoms with Gasteiger partial charge < -0.3 is 15.2 Å². The lowest BCUT2D eigenvalue weighted by Crippen LogP contribution is -2.31. The number of nitrogens with one attached hydrogen (secondary N) is 1. The van der Waals surface area contributed by atoms with Crippen LogP contribution in [0, 0.1) is 0 Å². The molecule has 6 nitrogen and oxygen atoms in total. The third-order valence-electron chi connectivity index (χ3n) is 5.83. The largest absolute Gasteiger partial charge is 0.482 e. The van der Waals surface area contributed by atoms with E-state index in [2.05, 4.69) is 10.3 Å². The lowest BCUT2D eigenvalue weighted by Gasteiger charge is -2.28. The Morgan fingerprint density at radius 1 is 1.06 bits per heavy atom. The average Bonchev–Trinajstić information content (AvgIpc) is 2.82. The highest BCUT2D eigenvalue weighted by atomic mass is 16.5. The highest BCUT2D eigenvalue weighted by molar-refractivity contribution is 5.78. The fourth-order valence-corrected chi connectivity index (χ4v) is 4.40. The molecule has 1 amide bonds. The van der Waals surface area contributed by atoms with Gasteiger partial charge in [0.1, 0.15) is 5.75 Å². The van der Waals surface area contributed by atoms with Gasteiger partial charge in [0.2, 0.25) is 5.91 Å². The van der Waals surface area contributed by atoms with Crippen LogP contribution in [-0.4, -0.2) is 28.6 Å². The second kappa shape index (κ2) is 10.1. The lowest BCUT2D eigenvalue weighted by atomic mass is 9.80. The van der Waals surface area contributed by atoms with E-state index in [0.29, 0.717) is 12.2 Å². The first kappa shape index (κ1) is 21.6. The molecule has 164 valence electrons. The van der Waals surface area contributed by atoms with E-state index in [9.17, 15) is 9.59 Å². The molecular formula is C26H26N2O4. The Hall–Kier alpha value is -3.67. The molecule has 2 aromatic carbocycles. The first-order chi connectivity index (χ1) is 15.6. The Morgan fingerprint density at radius 3 is 2.62 bits per heavy atom. The van der Waals surface area contributed by atoms with Crippen molar-refractivity contribution in [1.29, 1.82) is 0 Å². The summed E-state index contributed by atoms with van der Waals surface area (Å²) in [4.78, 5) is 28.3. The monoisotopic (exact) mass is 430 g/mol. The van der Waals surface area contributed by atoms with Crippen molar-refractivity contribution in [2.45, 2.75) is 37.6 Å². The lowest BCUT2D eigenvalue weighted by molar-refractivity contribution is -0.139. The standard InChI is InChI=1S/C26H26N2O4/c29-24(28-26(18-7-2-1-3-8-18)20-10-6-14-27-16-20)15-19-9-4-12-22-21(19)11-5-13-23(22)32-17-25(30)31/h1-3,5-8,10-11,13-14,16,19,26H,4,9,12,15,17H2,(H,28,29)(H,30,31). The van der Waals surface area contributed by atoms with E-state index in [-0.39, 0.29) is 24.5 Å². The normalized spacial score (nSPS) is 15.9. The summed E-state index contributed by atoms with van der Waals surface area (Å²) >= 11 is 0. The number of fused-ring (bicyclic) bond motifs is 1. The Morgan fingerprint density at radius 2 is 1.88 bits per heavy atom. The number of amides is 1. The summed E-state index contributed by atoms with van der Waals surface area (Å²) in [7, 11) is 0. The number of hydrogen-bond acceptors (Lipinski definition) is 4. The number of aliphatic carboxylic acids is 1. The third kappa shape index (κ3) is 5.14. The van der Waals surface area contributed by atoms with E-state index >= 15 is 0 Å². The number of carboxylic acids is 1. The molecule has 0 aliphatic heterocycles. The topological polar surface area (TPSA) is 88.5 Å². The van der Waals surface area contributed by atoms with Crippen LogP contribution < -0.4 is 10.1 Å². The molecule has 0 radical (unpaired) electrons. The number of aromatic nitrogens is 1. The number of pyridine rings is 1. The van der Waals surface area contributed by atoms with Gasteiger partial charge in [-0.2, -0.15) is 0 Å². The van der Waals surface area contributed by atoms with E-state index in [1.54, 1.807) is 18.5 Å². The van der Waals surface area contributed by atoms with Crippen molar-refractivity contribution in [3.8, 4) is 5.75 Å². The summed E-state index contributed by atoms with van der Waals surface area (Å²) in [6.45, 7) is -0.370. The predicted octanol–water partition coefficient (Wildman–Crippen LogP) is 4.26. The number of benzene rings is 2. The minimum Gasteiger partial charge on any atom is -0.482 e. The van der Waals surface area contributed by atoms with Crippen LogP contribution in [0.1, 0.15) is 53.5 Å². The Labute approximate surface area is 187 Å². The molecule has 2 atom stereocenters. The van der Waals surface area contributed by atoms with Gasteiger partial charge in [0.25, 0.3) is 0 Å². The molecule has 3 aromatic rings. The zero-order chi connectivity index (χ0) is 22.3. The highest BCUT2D eigenvalue weighted by Crippen LogP contribution is 2.38. The number of carbonyl (C=O) groups excluding carboxylic acids is 1. The van der Waals surface area contributed by atoms with Gasteiger partial charge in [-0.3, -0.25) is 9.78 Å². The van der Waals surface area contributed by atoms with Crippen molar-refractivity contribution >= 4 is 11.9 Å². The van der Waals surface area contributed by atoms with Crippen LogP contribution in [0.25, 0.3) is 0 Å². The maximum absolute atomic E-state index is 13.1. The number of hydrogen-bond donors (Lipinski definition) is 2. The number of nitrogens with zero attached hydrogens (tertiary/aromatic N) is 1. The Kier molecular flexibility index (Phi) is 6.80. The van der Waals surface area contributed by atoms with Crippen molar-refractivity contribution < 1.29 is 19.4 Å². The molecule has 1 aliphatic carbocycles.